The average molecular weight is 379 g/mol. The van der Waals surface area contributed by atoms with Crippen molar-refractivity contribution in [2.75, 3.05) is 24.5 Å². The molecule has 1 aromatic carbocycles. The Balaban J connectivity index is 1.69. The fraction of sp³-hybridized carbons (Fsp3) is 0.522. The van der Waals surface area contributed by atoms with Crippen LogP contribution in [0.1, 0.15) is 51.3 Å². The van der Waals surface area contributed by atoms with E-state index in [-0.39, 0.29) is 11.3 Å². The summed E-state index contributed by atoms with van der Waals surface area (Å²) < 4.78 is 0. The summed E-state index contributed by atoms with van der Waals surface area (Å²) in [6.45, 7) is 9.80. The first-order valence-corrected chi connectivity index (χ1v) is 10.4. The first-order valence-electron chi connectivity index (χ1n) is 10.4. The maximum atomic E-state index is 12.8. The molecule has 2 aliphatic rings. The molecule has 0 radical (unpaired) electrons. The van der Waals surface area contributed by atoms with Crippen LogP contribution in [0.15, 0.2) is 30.3 Å². The summed E-state index contributed by atoms with van der Waals surface area (Å²) in [7, 11) is 0. The van der Waals surface area contributed by atoms with Crippen LogP contribution in [0, 0.1) is 5.41 Å². The van der Waals surface area contributed by atoms with Crippen molar-refractivity contribution in [3.8, 4) is 11.4 Å². The minimum Gasteiger partial charge on any atom is -0.356 e. The van der Waals surface area contributed by atoms with Gasteiger partial charge in [-0.25, -0.2) is 9.97 Å². The van der Waals surface area contributed by atoms with Crippen molar-refractivity contribution in [2.45, 2.75) is 53.0 Å². The molecule has 0 saturated carbocycles. The van der Waals surface area contributed by atoms with Crippen LogP contribution in [0.3, 0.4) is 0 Å². The monoisotopic (exact) mass is 378 g/mol. The molecule has 0 aliphatic carbocycles. The third kappa shape index (κ3) is 4.03. The molecule has 2 aromatic rings. The van der Waals surface area contributed by atoms with E-state index in [1.807, 2.05) is 23.1 Å². The Labute approximate surface area is 167 Å². The predicted octanol–water partition coefficient (Wildman–Crippen LogP) is 4.06. The van der Waals surface area contributed by atoms with Gasteiger partial charge in [0.2, 0.25) is 5.91 Å². The molecule has 4 rings (SSSR count). The standard InChI is InChI=1S/C23H30N4O/c1-23(2,3)15-20(28)27-14-11-19-18(16-27)22(26-12-7-8-13-26)25-21(24-19)17-9-5-4-6-10-17/h4-6,9-10H,7-8,11-16H2,1-3H3. The van der Waals surface area contributed by atoms with E-state index in [0.29, 0.717) is 13.0 Å². The molecule has 0 N–H and O–H groups in total. The van der Waals surface area contributed by atoms with Crippen molar-refractivity contribution in [1.29, 1.82) is 0 Å². The number of amides is 1. The number of aromatic nitrogens is 2. The fourth-order valence-electron chi connectivity index (χ4n) is 4.08. The molecular formula is C23H30N4O. The first kappa shape index (κ1) is 18.9. The summed E-state index contributed by atoms with van der Waals surface area (Å²) in [4.78, 5) is 27.1. The first-order chi connectivity index (χ1) is 13.4. The lowest BCUT2D eigenvalue weighted by atomic mass is 9.91. The molecule has 5 nitrogen and oxygen atoms in total. The van der Waals surface area contributed by atoms with Crippen molar-refractivity contribution in [3.63, 3.8) is 0 Å². The van der Waals surface area contributed by atoms with Gasteiger partial charge in [-0.2, -0.15) is 0 Å². The van der Waals surface area contributed by atoms with Crippen LogP contribution in [0.5, 0.6) is 0 Å². The van der Waals surface area contributed by atoms with E-state index >= 15 is 0 Å². The number of benzene rings is 1. The van der Waals surface area contributed by atoms with E-state index in [2.05, 4.69) is 37.8 Å². The third-order valence-corrected chi connectivity index (χ3v) is 5.51. The second-order valence-corrected chi connectivity index (χ2v) is 9.16. The van der Waals surface area contributed by atoms with Crippen LogP contribution >= 0.6 is 0 Å². The van der Waals surface area contributed by atoms with Crippen LogP contribution in [0.4, 0.5) is 5.82 Å². The average Bonchev–Trinajstić information content (AvgIpc) is 3.20. The van der Waals surface area contributed by atoms with E-state index in [1.54, 1.807) is 0 Å². The highest BCUT2D eigenvalue weighted by molar-refractivity contribution is 5.77. The van der Waals surface area contributed by atoms with Crippen LogP contribution in [0.25, 0.3) is 11.4 Å². The molecule has 0 bridgehead atoms. The van der Waals surface area contributed by atoms with E-state index in [1.165, 1.54) is 12.8 Å². The lowest BCUT2D eigenvalue weighted by molar-refractivity contribution is -0.134. The van der Waals surface area contributed by atoms with Crippen LogP contribution in [-0.2, 0) is 17.8 Å². The lowest BCUT2D eigenvalue weighted by Crippen LogP contribution is -2.39. The van der Waals surface area contributed by atoms with Crippen LogP contribution < -0.4 is 4.90 Å². The maximum absolute atomic E-state index is 12.8. The smallest absolute Gasteiger partial charge is 0.223 e. The highest BCUT2D eigenvalue weighted by atomic mass is 16.2. The number of carbonyl (C=O) groups is 1. The molecule has 1 saturated heterocycles. The highest BCUT2D eigenvalue weighted by Gasteiger charge is 2.30. The third-order valence-electron chi connectivity index (χ3n) is 5.51. The number of fused-ring (bicyclic) bond motifs is 1. The summed E-state index contributed by atoms with van der Waals surface area (Å²) in [5.41, 5.74) is 3.31. The van der Waals surface area contributed by atoms with Gasteiger partial charge in [-0.05, 0) is 18.3 Å². The molecule has 0 spiro atoms. The number of hydrogen-bond acceptors (Lipinski definition) is 4. The van der Waals surface area contributed by atoms with Gasteiger partial charge in [0.05, 0.1) is 12.2 Å². The summed E-state index contributed by atoms with van der Waals surface area (Å²) in [5.74, 6) is 2.07. The molecule has 2 aliphatic heterocycles. The molecule has 28 heavy (non-hydrogen) atoms. The Kier molecular flexibility index (Phi) is 5.09. The van der Waals surface area contributed by atoms with Gasteiger partial charge in [-0.3, -0.25) is 4.79 Å². The number of hydrogen-bond donors (Lipinski definition) is 0. The molecule has 1 amide bonds. The van der Waals surface area contributed by atoms with Crippen molar-refractivity contribution < 1.29 is 4.79 Å². The second kappa shape index (κ2) is 7.53. The minimum atomic E-state index is 0.00279. The number of nitrogens with zero attached hydrogens (tertiary/aromatic N) is 4. The molecular weight excluding hydrogens is 348 g/mol. The number of anilines is 1. The maximum Gasteiger partial charge on any atom is 0.223 e. The molecule has 1 aromatic heterocycles. The number of rotatable bonds is 3. The Hall–Kier alpha value is -2.43. The quantitative estimate of drug-likeness (QED) is 0.808. The van der Waals surface area contributed by atoms with Crippen molar-refractivity contribution in [1.82, 2.24) is 14.9 Å². The van der Waals surface area contributed by atoms with Gasteiger partial charge in [0.25, 0.3) is 0 Å². The van der Waals surface area contributed by atoms with Crippen LogP contribution in [0.2, 0.25) is 0 Å². The largest absolute Gasteiger partial charge is 0.356 e. The molecule has 148 valence electrons. The van der Waals surface area contributed by atoms with Gasteiger partial charge in [0.15, 0.2) is 5.82 Å². The molecule has 0 unspecified atom stereocenters. The Morgan fingerprint density at radius 1 is 1.04 bits per heavy atom. The summed E-state index contributed by atoms with van der Waals surface area (Å²) in [5, 5.41) is 0. The minimum absolute atomic E-state index is 0.00279. The van der Waals surface area contributed by atoms with Crippen LogP contribution in [-0.4, -0.2) is 40.4 Å². The SMILES string of the molecule is CC(C)(C)CC(=O)N1CCc2nc(-c3ccccc3)nc(N3CCCC3)c2C1. The van der Waals surface area contributed by atoms with E-state index in [4.69, 9.17) is 9.97 Å². The summed E-state index contributed by atoms with van der Waals surface area (Å²) in [6.07, 6.45) is 3.77. The summed E-state index contributed by atoms with van der Waals surface area (Å²) in [6, 6.07) is 10.2. The fourth-order valence-corrected chi connectivity index (χ4v) is 4.08. The lowest BCUT2D eigenvalue weighted by Gasteiger charge is -2.33. The van der Waals surface area contributed by atoms with Gasteiger partial charge >= 0.3 is 0 Å². The Morgan fingerprint density at radius 2 is 1.75 bits per heavy atom. The zero-order chi connectivity index (χ0) is 19.7. The molecule has 0 atom stereocenters. The Bertz CT molecular complexity index is 851. The van der Waals surface area contributed by atoms with Gasteiger partial charge in [0, 0.05) is 43.6 Å². The van der Waals surface area contributed by atoms with Crippen molar-refractivity contribution in [2.24, 2.45) is 5.41 Å². The Morgan fingerprint density at radius 3 is 2.43 bits per heavy atom. The van der Waals surface area contributed by atoms with E-state index in [0.717, 1.165) is 54.5 Å². The molecule has 3 heterocycles. The topological polar surface area (TPSA) is 49.3 Å². The van der Waals surface area contributed by atoms with Gasteiger partial charge in [-0.1, -0.05) is 51.1 Å². The number of carbonyl (C=O) groups excluding carboxylic acids is 1. The zero-order valence-electron chi connectivity index (χ0n) is 17.2. The van der Waals surface area contributed by atoms with Crippen molar-refractivity contribution >= 4 is 11.7 Å². The van der Waals surface area contributed by atoms with E-state index < -0.39 is 0 Å². The van der Waals surface area contributed by atoms with Gasteiger partial charge in [-0.15, -0.1) is 0 Å². The van der Waals surface area contributed by atoms with Gasteiger partial charge in [0.1, 0.15) is 5.82 Å². The molecule has 5 heteroatoms. The molecule has 1 fully saturated rings. The van der Waals surface area contributed by atoms with Gasteiger partial charge < -0.3 is 9.80 Å². The predicted molar refractivity (Wildman–Crippen MR) is 112 cm³/mol. The second-order valence-electron chi connectivity index (χ2n) is 9.16. The van der Waals surface area contributed by atoms with E-state index in [9.17, 15) is 4.79 Å². The zero-order valence-corrected chi connectivity index (χ0v) is 17.2. The summed E-state index contributed by atoms with van der Waals surface area (Å²) >= 11 is 0. The normalized spacial score (nSPS) is 17.0. The highest BCUT2D eigenvalue weighted by Crippen LogP contribution is 2.32. The van der Waals surface area contributed by atoms with Crippen molar-refractivity contribution in [3.05, 3.63) is 41.6 Å².